The normalized spacial score (nSPS) is 15.3. The first-order chi connectivity index (χ1) is 20.4. The number of aromatic nitrogens is 4. The van der Waals surface area contributed by atoms with Crippen molar-refractivity contribution in [2.24, 2.45) is 5.92 Å². The number of anilines is 4. The first-order valence-corrected chi connectivity index (χ1v) is 14.4. The van der Waals surface area contributed by atoms with E-state index < -0.39 is 17.5 Å². The zero-order valence-electron chi connectivity index (χ0n) is 24.7. The molecule has 4 aromatic rings. The van der Waals surface area contributed by atoms with E-state index in [0.717, 1.165) is 12.2 Å². The molecule has 0 spiro atoms. The zero-order chi connectivity index (χ0) is 30.5. The summed E-state index contributed by atoms with van der Waals surface area (Å²) in [5.74, 6) is 1.07. The Morgan fingerprint density at radius 2 is 1.93 bits per heavy atom. The minimum atomic E-state index is -0.792. The van der Waals surface area contributed by atoms with Crippen molar-refractivity contribution >= 4 is 45.8 Å². The molecule has 43 heavy (non-hydrogen) atoms. The van der Waals surface area contributed by atoms with Crippen LogP contribution < -0.4 is 16.4 Å². The molecular weight excluding hydrogens is 551 g/mol. The van der Waals surface area contributed by atoms with Gasteiger partial charge in [0.1, 0.15) is 18.0 Å². The van der Waals surface area contributed by atoms with Crippen molar-refractivity contribution in [2.45, 2.75) is 59.1 Å². The van der Waals surface area contributed by atoms with Crippen LogP contribution in [0.15, 0.2) is 36.8 Å². The molecule has 1 aliphatic carbocycles. The van der Waals surface area contributed by atoms with Crippen LogP contribution in [0.2, 0.25) is 0 Å². The topological polar surface area (TPSA) is 140 Å². The molecule has 1 aromatic carbocycles. The number of benzene rings is 1. The molecule has 6 rings (SSSR count). The molecule has 4 heterocycles. The van der Waals surface area contributed by atoms with Gasteiger partial charge in [0, 0.05) is 60.2 Å². The highest BCUT2D eigenvalue weighted by Crippen LogP contribution is 2.38. The molecule has 0 unspecified atom stereocenters. The predicted molar refractivity (Wildman–Crippen MR) is 162 cm³/mol. The van der Waals surface area contributed by atoms with Gasteiger partial charge in [0.25, 0.3) is 0 Å². The number of nitrogens with zero attached hydrogens (tertiary/aromatic N) is 5. The number of ether oxygens (including phenoxy) is 1. The number of amides is 2. The van der Waals surface area contributed by atoms with Crippen LogP contribution in [0.25, 0.3) is 21.9 Å². The van der Waals surface area contributed by atoms with Crippen LogP contribution in [0.3, 0.4) is 0 Å². The van der Waals surface area contributed by atoms with E-state index in [4.69, 9.17) is 10.5 Å². The van der Waals surface area contributed by atoms with Crippen LogP contribution in [-0.4, -0.2) is 55.3 Å². The Bertz CT molecular complexity index is 1740. The third-order valence-electron chi connectivity index (χ3n) is 7.70. The van der Waals surface area contributed by atoms with Crippen LogP contribution in [0.4, 0.5) is 32.2 Å². The molecule has 11 nitrogen and oxygen atoms in total. The summed E-state index contributed by atoms with van der Waals surface area (Å²) in [5, 5.41) is 11.4. The average molecular weight is 587 g/mol. The first-order valence-electron chi connectivity index (χ1n) is 14.4. The summed E-state index contributed by atoms with van der Waals surface area (Å²) in [4.78, 5) is 36.1. The number of fused-ring (bicyclic) bond motifs is 2. The van der Waals surface area contributed by atoms with E-state index in [0.29, 0.717) is 58.1 Å². The van der Waals surface area contributed by atoms with Gasteiger partial charge in [-0.2, -0.15) is 5.10 Å². The fourth-order valence-electron chi connectivity index (χ4n) is 5.27. The van der Waals surface area contributed by atoms with Crippen molar-refractivity contribution in [3.63, 3.8) is 0 Å². The number of carbonyl (C=O) groups is 2. The maximum Gasteiger partial charge on any atom is 0.412 e. The van der Waals surface area contributed by atoms with Gasteiger partial charge in [0.15, 0.2) is 11.6 Å². The number of hydrogen-bond donors (Lipinski definition) is 3. The Morgan fingerprint density at radius 1 is 1.14 bits per heavy atom. The second-order valence-corrected chi connectivity index (χ2v) is 12.3. The lowest BCUT2D eigenvalue weighted by Crippen LogP contribution is -2.34. The van der Waals surface area contributed by atoms with Crippen molar-refractivity contribution in [1.29, 1.82) is 0 Å². The Morgan fingerprint density at radius 3 is 2.67 bits per heavy atom. The van der Waals surface area contributed by atoms with Gasteiger partial charge in [0.2, 0.25) is 5.91 Å². The molecule has 2 aliphatic rings. The monoisotopic (exact) mass is 586 g/mol. The second kappa shape index (κ2) is 10.8. The summed E-state index contributed by atoms with van der Waals surface area (Å²) in [6.45, 7) is 8.68. The van der Waals surface area contributed by atoms with E-state index in [-0.39, 0.29) is 23.7 Å². The maximum absolute atomic E-state index is 16.1. The third kappa shape index (κ3) is 6.08. The van der Waals surface area contributed by atoms with Crippen molar-refractivity contribution < 1.29 is 18.7 Å². The van der Waals surface area contributed by atoms with Crippen LogP contribution in [0.1, 0.15) is 44.9 Å². The Balaban J connectivity index is 1.33. The molecule has 12 heteroatoms. The smallest absolute Gasteiger partial charge is 0.412 e. The molecule has 0 saturated heterocycles. The van der Waals surface area contributed by atoms with E-state index in [2.05, 4.69) is 25.7 Å². The quantitative estimate of drug-likeness (QED) is 0.273. The van der Waals surface area contributed by atoms with E-state index in [1.807, 2.05) is 11.0 Å². The van der Waals surface area contributed by atoms with Crippen LogP contribution in [-0.2, 0) is 22.5 Å². The summed E-state index contributed by atoms with van der Waals surface area (Å²) >= 11 is 0. The molecule has 1 aliphatic heterocycles. The number of pyridine rings is 2. The van der Waals surface area contributed by atoms with Crippen molar-refractivity contribution in [1.82, 2.24) is 24.6 Å². The summed E-state index contributed by atoms with van der Waals surface area (Å²) in [5.41, 5.74) is 8.00. The molecule has 2 amide bonds. The highest BCUT2D eigenvalue weighted by atomic mass is 19.1. The number of rotatable bonds is 6. The lowest BCUT2D eigenvalue weighted by Gasteiger charge is -2.21. The third-order valence-corrected chi connectivity index (χ3v) is 7.70. The highest BCUT2D eigenvalue weighted by molar-refractivity contribution is 6.04. The number of carbonyl (C=O) groups excluding carboxylic acids is 2. The number of hydrogen-bond acceptors (Lipinski definition) is 8. The van der Waals surface area contributed by atoms with E-state index >= 15 is 4.39 Å². The molecule has 0 bridgehead atoms. The Labute approximate surface area is 248 Å². The summed E-state index contributed by atoms with van der Waals surface area (Å²) in [6.07, 6.45) is 6.86. The Kier molecular flexibility index (Phi) is 7.15. The predicted octanol–water partition coefficient (Wildman–Crippen LogP) is 5.41. The minimum Gasteiger partial charge on any atom is -0.444 e. The second-order valence-electron chi connectivity index (χ2n) is 12.3. The van der Waals surface area contributed by atoms with Crippen LogP contribution in [0, 0.1) is 18.7 Å². The van der Waals surface area contributed by atoms with Gasteiger partial charge < -0.3 is 20.7 Å². The fourth-order valence-corrected chi connectivity index (χ4v) is 5.27. The number of nitrogen functional groups attached to an aromatic ring is 1. The van der Waals surface area contributed by atoms with E-state index in [9.17, 15) is 9.59 Å². The average Bonchev–Trinajstić information content (AvgIpc) is 3.70. The van der Waals surface area contributed by atoms with E-state index in [1.165, 1.54) is 25.2 Å². The van der Waals surface area contributed by atoms with Gasteiger partial charge in [-0.05, 0) is 69.5 Å². The van der Waals surface area contributed by atoms with E-state index in [1.54, 1.807) is 50.7 Å². The number of nitrogens with one attached hydrogen (secondary N) is 2. The van der Waals surface area contributed by atoms with Gasteiger partial charge in [-0.3, -0.25) is 19.8 Å². The molecule has 4 N–H and O–H groups in total. The van der Waals surface area contributed by atoms with Crippen molar-refractivity contribution in [3.8, 4) is 11.1 Å². The number of nitrogens with two attached hydrogens (primary N) is 1. The van der Waals surface area contributed by atoms with Crippen LogP contribution >= 0.6 is 0 Å². The number of halogens is 1. The molecule has 3 aromatic heterocycles. The minimum absolute atomic E-state index is 0.0643. The molecule has 1 saturated carbocycles. The van der Waals surface area contributed by atoms with Crippen molar-refractivity contribution in [3.05, 3.63) is 53.9 Å². The standard InChI is InChI=1S/C31H35FN8O3/c1-17-22(12-34-14-24(17)33)21-9-19-10-25(35-13-23(19)29(28(21)32)37-30(42)43-31(2,3)4)36-26-11-20-7-8-39(15-18-5-6-18)27(41)16-40(20)38-26/h9-14,18H,5-8,15-16,33H2,1-4H3,(H,37,42)(H,35,36,38). The summed E-state index contributed by atoms with van der Waals surface area (Å²) in [7, 11) is 0. The van der Waals surface area contributed by atoms with Gasteiger partial charge >= 0.3 is 6.09 Å². The van der Waals surface area contributed by atoms with Gasteiger partial charge in [-0.1, -0.05) is 0 Å². The van der Waals surface area contributed by atoms with Crippen molar-refractivity contribution in [2.75, 3.05) is 29.5 Å². The van der Waals surface area contributed by atoms with Crippen LogP contribution in [0.5, 0.6) is 0 Å². The first kappa shape index (κ1) is 28.4. The van der Waals surface area contributed by atoms with Gasteiger partial charge in [0.05, 0.1) is 17.6 Å². The van der Waals surface area contributed by atoms with Gasteiger partial charge in [-0.15, -0.1) is 0 Å². The highest BCUT2D eigenvalue weighted by Gasteiger charge is 2.29. The summed E-state index contributed by atoms with van der Waals surface area (Å²) in [6, 6.07) is 5.35. The fraction of sp³-hybridized carbons (Fsp3) is 0.387. The van der Waals surface area contributed by atoms with Gasteiger partial charge in [-0.25, -0.2) is 14.2 Å². The lowest BCUT2D eigenvalue weighted by molar-refractivity contribution is -0.131. The molecule has 0 atom stereocenters. The molecule has 224 valence electrons. The maximum atomic E-state index is 16.1. The lowest BCUT2D eigenvalue weighted by atomic mass is 9.97. The molecular formula is C31H35FN8O3. The Hall–Kier alpha value is -4.74. The zero-order valence-corrected chi connectivity index (χ0v) is 24.7. The molecule has 0 radical (unpaired) electrons. The largest absolute Gasteiger partial charge is 0.444 e. The molecule has 1 fully saturated rings. The summed E-state index contributed by atoms with van der Waals surface area (Å²) < 4.78 is 23.3. The SMILES string of the molecule is Cc1c(N)cncc1-c1cc2cc(Nc3cc4n(n3)CC(=O)N(CC3CC3)CC4)ncc2c(NC(=O)OC(C)(C)C)c1F.